The number of nitro groups is 1. The fourth-order valence-electron chi connectivity index (χ4n) is 2.42. The molecule has 100 valence electrons. The van der Waals surface area contributed by atoms with Crippen LogP contribution in [-0.2, 0) is 0 Å². The Morgan fingerprint density at radius 1 is 1.58 bits per heavy atom. The molecule has 0 amide bonds. The van der Waals surface area contributed by atoms with E-state index in [1.165, 1.54) is 12.1 Å². The summed E-state index contributed by atoms with van der Waals surface area (Å²) in [5, 5.41) is 20.0. The van der Waals surface area contributed by atoms with Crippen molar-refractivity contribution < 1.29 is 14.4 Å². The van der Waals surface area contributed by atoms with Gasteiger partial charge in [0.15, 0.2) is 5.58 Å². The number of fused-ring (bicyclic) bond motifs is 1. The van der Waals surface area contributed by atoms with Crippen LogP contribution in [-0.4, -0.2) is 34.2 Å². The van der Waals surface area contributed by atoms with E-state index in [1.54, 1.807) is 6.07 Å². The van der Waals surface area contributed by atoms with Gasteiger partial charge >= 0.3 is 0 Å². The summed E-state index contributed by atoms with van der Waals surface area (Å²) < 4.78 is 5.60. The van der Waals surface area contributed by atoms with Crippen LogP contribution in [0.5, 0.6) is 0 Å². The molecule has 1 aromatic carbocycles. The van der Waals surface area contributed by atoms with Gasteiger partial charge in [-0.25, -0.2) is 0 Å². The van der Waals surface area contributed by atoms with Crippen molar-refractivity contribution in [3.8, 4) is 0 Å². The fourth-order valence-corrected chi connectivity index (χ4v) is 2.42. The van der Waals surface area contributed by atoms with Crippen molar-refractivity contribution >= 4 is 22.8 Å². The maximum Gasteiger partial charge on any atom is 0.298 e. The fraction of sp³-hybridized carbons (Fsp3) is 0.417. The second kappa shape index (κ2) is 4.51. The Hall–Kier alpha value is -2.15. The number of aliphatic hydroxyl groups is 1. The molecular weight excluding hydrogens is 250 g/mol. The molecule has 0 radical (unpaired) electrons. The molecule has 19 heavy (non-hydrogen) atoms. The topological polar surface area (TPSA) is 92.6 Å². The summed E-state index contributed by atoms with van der Waals surface area (Å²) >= 11 is 0. The molecule has 0 saturated carbocycles. The molecule has 1 aromatic heterocycles. The summed E-state index contributed by atoms with van der Waals surface area (Å²) in [5.41, 5.74) is 0.976. The van der Waals surface area contributed by atoms with Crippen molar-refractivity contribution in [3.63, 3.8) is 0 Å². The van der Waals surface area contributed by atoms with Crippen molar-refractivity contribution in [1.82, 2.24) is 4.98 Å². The molecule has 0 aliphatic carbocycles. The predicted octanol–water partition coefficient (Wildman–Crippen LogP) is 1.70. The number of aliphatic hydroxyl groups excluding tert-OH is 1. The highest BCUT2D eigenvalue weighted by Gasteiger charge is 2.27. The van der Waals surface area contributed by atoms with Gasteiger partial charge in [0.2, 0.25) is 0 Å². The molecule has 2 aromatic rings. The smallest absolute Gasteiger partial charge is 0.298 e. The van der Waals surface area contributed by atoms with Gasteiger partial charge in [0, 0.05) is 18.7 Å². The summed E-state index contributed by atoms with van der Waals surface area (Å²) in [6, 6.07) is 4.78. The van der Waals surface area contributed by atoms with E-state index < -0.39 is 4.92 Å². The van der Waals surface area contributed by atoms with Crippen LogP contribution < -0.4 is 4.90 Å². The van der Waals surface area contributed by atoms with E-state index in [0.717, 1.165) is 19.4 Å². The average Bonchev–Trinajstić information content (AvgIpc) is 3.03. The van der Waals surface area contributed by atoms with Crippen molar-refractivity contribution in [2.75, 3.05) is 18.1 Å². The lowest BCUT2D eigenvalue weighted by molar-refractivity contribution is -0.384. The molecule has 3 rings (SSSR count). The van der Waals surface area contributed by atoms with Crippen LogP contribution in [0, 0.1) is 10.1 Å². The zero-order valence-electron chi connectivity index (χ0n) is 10.2. The van der Waals surface area contributed by atoms with E-state index in [1.807, 2.05) is 4.90 Å². The van der Waals surface area contributed by atoms with Gasteiger partial charge in [0.25, 0.3) is 11.7 Å². The molecule has 1 aliphatic rings. The lowest BCUT2D eigenvalue weighted by Gasteiger charge is -2.20. The largest absolute Gasteiger partial charge is 0.423 e. The molecule has 0 unspecified atom stereocenters. The van der Waals surface area contributed by atoms with E-state index >= 15 is 0 Å². The van der Waals surface area contributed by atoms with Crippen molar-refractivity contribution in [3.05, 3.63) is 28.3 Å². The minimum absolute atomic E-state index is 0.00696. The Morgan fingerprint density at radius 3 is 3.16 bits per heavy atom. The van der Waals surface area contributed by atoms with E-state index in [2.05, 4.69) is 4.98 Å². The zero-order valence-corrected chi connectivity index (χ0v) is 10.2. The number of rotatable bonds is 3. The number of anilines is 1. The van der Waals surface area contributed by atoms with Crippen LogP contribution in [0.15, 0.2) is 22.6 Å². The first kappa shape index (κ1) is 11.9. The third-order valence-electron chi connectivity index (χ3n) is 3.40. The maximum absolute atomic E-state index is 10.7. The number of aromatic nitrogens is 1. The third-order valence-corrected chi connectivity index (χ3v) is 3.40. The van der Waals surface area contributed by atoms with Crippen LogP contribution in [0.1, 0.15) is 12.8 Å². The number of non-ortho nitro benzene ring substituents is 1. The Morgan fingerprint density at radius 2 is 2.42 bits per heavy atom. The van der Waals surface area contributed by atoms with Crippen molar-refractivity contribution in [1.29, 1.82) is 0 Å². The van der Waals surface area contributed by atoms with Gasteiger partial charge < -0.3 is 14.4 Å². The van der Waals surface area contributed by atoms with Gasteiger partial charge in [-0.2, -0.15) is 4.98 Å². The first-order chi connectivity index (χ1) is 9.19. The minimum Gasteiger partial charge on any atom is -0.423 e. The molecule has 1 aliphatic heterocycles. The second-order valence-electron chi connectivity index (χ2n) is 4.58. The molecule has 1 saturated heterocycles. The van der Waals surface area contributed by atoms with Crippen molar-refractivity contribution in [2.24, 2.45) is 0 Å². The lowest BCUT2D eigenvalue weighted by atomic mass is 10.2. The van der Waals surface area contributed by atoms with Crippen molar-refractivity contribution in [2.45, 2.75) is 18.9 Å². The van der Waals surface area contributed by atoms with Crippen LogP contribution >= 0.6 is 0 Å². The van der Waals surface area contributed by atoms with Crippen LogP contribution in [0.4, 0.5) is 11.7 Å². The number of oxazole rings is 1. The highest BCUT2D eigenvalue weighted by atomic mass is 16.6. The van der Waals surface area contributed by atoms with Crippen LogP contribution in [0.2, 0.25) is 0 Å². The Bertz CT molecular complexity index is 624. The van der Waals surface area contributed by atoms with Gasteiger partial charge in [-0.3, -0.25) is 10.1 Å². The number of hydrogen-bond acceptors (Lipinski definition) is 6. The monoisotopic (exact) mass is 263 g/mol. The van der Waals surface area contributed by atoms with Gasteiger partial charge in [-0.15, -0.1) is 0 Å². The SMILES string of the molecule is O=[N+]([O-])c1ccc2oc(N3CCC[C@H]3CO)nc2c1. The number of nitrogens with zero attached hydrogens (tertiary/aromatic N) is 3. The molecule has 1 atom stereocenters. The summed E-state index contributed by atoms with van der Waals surface area (Å²) in [6.07, 6.45) is 1.87. The van der Waals surface area contributed by atoms with E-state index in [4.69, 9.17) is 4.42 Å². The molecule has 7 heteroatoms. The molecule has 0 spiro atoms. The summed E-state index contributed by atoms with van der Waals surface area (Å²) in [6.45, 7) is 0.832. The molecule has 1 N–H and O–H groups in total. The summed E-state index contributed by atoms with van der Waals surface area (Å²) in [4.78, 5) is 16.4. The molecule has 7 nitrogen and oxygen atoms in total. The van der Waals surface area contributed by atoms with E-state index in [0.29, 0.717) is 17.1 Å². The average molecular weight is 263 g/mol. The quantitative estimate of drug-likeness (QED) is 0.669. The first-order valence-electron chi connectivity index (χ1n) is 6.11. The zero-order chi connectivity index (χ0) is 13.4. The second-order valence-corrected chi connectivity index (χ2v) is 4.58. The van der Waals surface area contributed by atoms with Gasteiger partial charge in [-0.05, 0) is 18.9 Å². The van der Waals surface area contributed by atoms with Crippen LogP contribution in [0.25, 0.3) is 11.1 Å². The Kier molecular flexibility index (Phi) is 2.83. The highest BCUT2D eigenvalue weighted by molar-refractivity contribution is 5.77. The standard InChI is InChI=1S/C12H13N3O4/c16-7-9-2-1-5-14(9)12-13-10-6-8(15(17)18)3-4-11(10)19-12/h3-4,6,9,16H,1-2,5,7H2/t9-/m0/s1. The normalized spacial score (nSPS) is 19.2. The number of nitro benzene ring substituents is 1. The third kappa shape index (κ3) is 2.01. The van der Waals surface area contributed by atoms with Crippen LogP contribution in [0.3, 0.4) is 0 Å². The molecule has 1 fully saturated rings. The number of benzene rings is 1. The maximum atomic E-state index is 10.7. The van der Waals surface area contributed by atoms with Gasteiger partial charge in [0.05, 0.1) is 17.6 Å². The van der Waals surface area contributed by atoms with E-state index in [-0.39, 0.29) is 18.3 Å². The Labute approximate surface area is 108 Å². The minimum atomic E-state index is -0.458. The highest BCUT2D eigenvalue weighted by Crippen LogP contribution is 2.29. The van der Waals surface area contributed by atoms with Gasteiger partial charge in [0.1, 0.15) is 5.52 Å². The lowest BCUT2D eigenvalue weighted by Crippen LogP contribution is -2.32. The Balaban J connectivity index is 1.99. The first-order valence-corrected chi connectivity index (χ1v) is 6.11. The number of hydrogen-bond donors (Lipinski definition) is 1. The summed E-state index contributed by atoms with van der Waals surface area (Å²) in [7, 11) is 0. The van der Waals surface area contributed by atoms with Gasteiger partial charge in [-0.1, -0.05) is 0 Å². The molecule has 0 bridgehead atoms. The van der Waals surface area contributed by atoms with E-state index in [9.17, 15) is 15.2 Å². The molecular formula is C12H13N3O4. The molecule has 2 heterocycles. The summed E-state index contributed by atoms with van der Waals surface area (Å²) in [5.74, 6) is 0. The predicted molar refractivity (Wildman–Crippen MR) is 68.1 cm³/mol.